The van der Waals surface area contributed by atoms with Crippen LogP contribution in [0.15, 0.2) is 11.7 Å². The molecular weight excluding hydrogens is 234 g/mol. The lowest BCUT2D eigenvalue weighted by atomic mass is 9.76. The van der Waals surface area contributed by atoms with Crippen LogP contribution in [0.4, 0.5) is 0 Å². The molecule has 0 aliphatic heterocycles. The molecule has 0 radical (unpaired) electrons. The minimum Gasteiger partial charge on any atom is -0.350 e. The second-order valence-electron chi connectivity index (χ2n) is 5.01. The lowest BCUT2D eigenvalue weighted by Gasteiger charge is -2.35. The summed E-state index contributed by atoms with van der Waals surface area (Å²) in [6.07, 6.45) is 5.59. The first-order valence-corrected chi connectivity index (χ1v) is 6.93. The Morgan fingerprint density at radius 3 is 3.24 bits per heavy atom. The van der Waals surface area contributed by atoms with Gasteiger partial charge in [-0.15, -0.1) is 11.3 Å². The average molecular weight is 253 g/mol. The molecule has 1 aliphatic rings. The van der Waals surface area contributed by atoms with Crippen LogP contribution in [0, 0.1) is 5.92 Å². The molecule has 0 aromatic carbocycles. The molecule has 1 amide bonds. The van der Waals surface area contributed by atoms with Gasteiger partial charge in [0, 0.05) is 11.1 Å². The Labute approximate surface area is 106 Å². The molecule has 0 bridgehead atoms. The fourth-order valence-electron chi connectivity index (χ4n) is 2.47. The molecule has 5 heteroatoms. The van der Waals surface area contributed by atoms with Crippen molar-refractivity contribution in [2.45, 2.75) is 44.7 Å². The van der Waals surface area contributed by atoms with Gasteiger partial charge in [-0.1, -0.05) is 19.8 Å². The summed E-state index contributed by atoms with van der Waals surface area (Å²) in [7, 11) is 0. The molecule has 1 fully saturated rings. The van der Waals surface area contributed by atoms with Gasteiger partial charge in [0.25, 0.3) is 0 Å². The third kappa shape index (κ3) is 3.04. The Morgan fingerprint density at radius 2 is 2.59 bits per heavy atom. The number of hydrogen-bond acceptors (Lipinski definition) is 4. The molecule has 4 nitrogen and oxygen atoms in total. The average Bonchev–Trinajstić information content (AvgIpc) is 2.78. The molecule has 2 atom stereocenters. The predicted octanol–water partition coefficient (Wildman–Crippen LogP) is 1.67. The second kappa shape index (κ2) is 5.14. The lowest BCUT2D eigenvalue weighted by molar-refractivity contribution is -0.128. The van der Waals surface area contributed by atoms with Crippen LogP contribution in [0.1, 0.15) is 37.5 Å². The van der Waals surface area contributed by atoms with Gasteiger partial charge < -0.3 is 11.1 Å². The number of amides is 1. The van der Waals surface area contributed by atoms with Gasteiger partial charge in [-0.25, -0.2) is 0 Å². The largest absolute Gasteiger partial charge is 0.350 e. The van der Waals surface area contributed by atoms with Gasteiger partial charge in [-0.2, -0.15) is 0 Å². The van der Waals surface area contributed by atoms with Crippen LogP contribution in [0.5, 0.6) is 0 Å². The third-order valence-electron chi connectivity index (χ3n) is 3.39. The van der Waals surface area contributed by atoms with E-state index in [1.807, 2.05) is 0 Å². The number of rotatable bonds is 3. The quantitative estimate of drug-likeness (QED) is 0.861. The fourth-order valence-corrected chi connectivity index (χ4v) is 3.01. The van der Waals surface area contributed by atoms with Crippen LogP contribution >= 0.6 is 11.3 Å². The Bertz CT molecular complexity index is 379. The normalized spacial score (nSPS) is 28.9. The second-order valence-corrected chi connectivity index (χ2v) is 5.98. The van der Waals surface area contributed by atoms with Crippen LogP contribution in [0.2, 0.25) is 0 Å². The van der Waals surface area contributed by atoms with E-state index < -0.39 is 5.54 Å². The predicted molar refractivity (Wildman–Crippen MR) is 68.5 cm³/mol. The van der Waals surface area contributed by atoms with Gasteiger partial charge >= 0.3 is 0 Å². The molecule has 2 unspecified atom stereocenters. The number of aromatic nitrogens is 1. The first-order chi connectivity index (χ1) is 8.10. The van der Waals surface area contributed by atoms with E-state index in [9.17, 15) is 4.79 Å². The summed E-state index contributed by atoms with van der Waals surface area (Å²) in [6, 6.07) is 0. The smallest absolute Gasteiger partial charge is 0.240 e. The Hall–Kier alpha value is -0.940. The molecule has 2 rings (SSSR count). The van der Waals surface area contributed by atoms with Gasteiger partial charge in [0.05, 0.1) is 17.6 Å². The molecule has 1 aromatic heterocycles. The lowest BCUT2D eigenvalue weighted by Crippen LogP contribution is -2.56. The fraction of sp³-hybridized carbons (Fsp3) is 0.667. The van der Waals surface area contributed by atoms with E-state index >= 15 is 0 Å². The monoisotopic (exact) mass is 253 g/mol. The van der Waals surface area contributed by atoms with Crippen LogP contribution in [-0.4, -0.2) is 16.4 Å². The standard InChI is InChI=1S/C12H19N3OS/c1-9-3-2-4-12(13,5-9)11(16)15-7-10-6-14-8-17-10/h6,8-9H,2-5,7,13H2,1H3,(H,15,16). The molecule has 0 saturated heterocycles. The highest BCUT2D eigenvalue weighted by Crippen LogP contribution is 2.30. The minimum absolute atomic E-state index is 0.0162. The molecule has 1 saturated carbocycles. The molecule has 1 aliphatic carbocycles. The van der Waals surface area contributed by atoms with E-state index in [-0.39, 0.29) is 5.91 Å². The maximum Gasteiger partial charge on any atom is 0.240 e. The van der Waals surface area contributed by atoms with Crippen molar-refractivity contribution < 1.29 is 4.79 Å². The van der Waals surface area contributed by atoms with E-state index in [0.29, 0.717) is 12.5 Å². The number of nitrogens with two attached hydrogens (primary N) is 1. The zero-order chi connectivity index (χ0) is 12.3. The van der Waals surface area contributed by atoms with Crippen molar-refractivity contribution in [3.8, 4) is 0 Å². The Morgan fingerprint density at radius 1 is 1.76 bits per heavy atom. The molecule has 3 N–H and O–H groups in total. The van der Waals surface area contributed by atoms with Crippen molar-refractivity contribution in [3.05, 3.63) is 16.6 Å². The van der Waals surface area contributed by atoms with Crippen LogP contribution in [0.3, 0.4) is 0 Å². The van der Waals surface area contributed by atoms with E-state index in [0.717, 1.165) is 24.1 Å². The minimum atomic E-state index is -0.664. The SMILES string of the molecule is CC1CCCC(N)(C(=O)NCc2cncs2)C1. The first-order valence-electron chi connectivity index (χ1n) is 6.05. The Kier molecular flexibility index (Phi) is 3.79. The van der Waals surface area contributed by atoms with Crippen LogP contribution in [-0.2, 0) is 11.3 Å². The molecular formula is C12H19N3OS. The summed E-state index contributed by atoms with van der Waals surface area (Å²) in [5, 5.41) is 2.92. The van der Waals surface area contributed by atoms with Crippen molar-refractivity contribution in [2.75, 3.05) is 0 Å². The van der Waals surface area contributed by atoms with E-state index in [4.69, 9.17) is 5.73 Å². The number of carbonyl (C=O) groups is 1. The summed E-state index contributed by atoms with van der Waals surface area (Å²) in [4.78, 5) is 17.1. The number of hydrogen-bond donors (Lipinski definition) is 2. The van der Waals surface area contributed by atoms with E-state index in [1.54, 1.807) is 23.0 Å². The Balaban J connectivity index is 1.90. The number of thiazole rings is 1. The summed E-state index contributed by atoms with van der Waals surface area (Å²) >= 11 is 1.54. The van der Waals surface area contributed by atoms with Crippen LogP contribution in [0.25, 0.3) is 0 Å². The van der Waals surface area contributed by atoms with Crippen molar-refractivity contribution in [3.63, 3.8) is 0 Å². The van der Waals surface area contributed by atoms with Gasteiger partial charge in [0.15, 0.2) is 0 Å². The van der Waals surface area contributed by atoms with Crippen molar-refractivity contribution in [1.82, 2.24) is 10.3 Å². The molecule has 1 heterocycles. The van der Waals surface area contributed by atoms with Crippen molar-refractivity contribution >= 4 is 17.2 Å². The molecule has 1 aromatic rings. The maximum absolute atomic E-state index is 12.1. The molecule has 0 spiro atoms. The number of nitrogens with zero attached hydrogens (tertiary/aromatic N) is 1. The first kappa shape index (κ1) is 12.5. The van der Waals surface area contributed by atoms with Crippen molar-refractivity contribution in [2.24, 2.45) is 11.7 Å². The van der Waals surface area contributed by atoms with Gasteiger partial charge in [0.1, 0.15) is 0 Å². The van der Waals surface area contributed by atoms with Gasteiger partial charge in [-0.05, 0) is 18.8 Å². The van der Waals surface area contributed by atoms with Crippen LogP contribution < -0.4 is 11.1 Å². The third-order valence-corrected chi connectivity index (χ3v) is 4.17. The van der Waals surface area contributed by atoms with Gasteiger partial charge in [-0.3, -0.25) is 9.78 Å². The van der Waals surface area contributed by atoms with E-state index in [1.165, 1.54) is 6.42 Å². The highest BCUT2D eigenvalue weighted by molar-refractivity contribution is 7.09. The topological polar surface area (TPSA) is 68.0 Å². The highest BCUT2D eigenvalue weighted by atomic mass is 32.1. The van der Waals surface area contributed by atoms with E-state index in [2.05, 4.69) is 17.2 Å². The van der Waals surface area contributed by atoms with Crippen molar-refractivity contribution in [1.29, 1.82) is 0 Å². The molecule has 17 heavy (non-hydrogen) atoms. The zero-order valence-corrected chi connectivity index (χ0v) is 10.9. The number of nitrogens with one attached hydrogen (secondary N) is 1. The van der Waals surface area contributed by atoms with Gasteiger partial charge in [0.2, 0.25) is 5.91 Å². The summed E-state index contributed by atoms with van der Waals surface area (Å²) in [5.74, 6) is 0.528. The maximum atomic E-state index is 12.1. The zero-order valence-electron chi connectivity index (χ0n) is 10.1. The molecule has 94 valence electrons. The highest BCUT2D eigenvalue weighted by Gasteiger charge is 2.37. The summed E-state index contributed by atoms with van der Waals surface area (Å²) in [5.41, 5.74) is 7.31. The summed E-state index contributed by atoms with van der Waals surface area (Å²) < 4.78 is 0. The number of carbonyl (C=O) groups excluding carboxylic acids is 1. The summed E-state index contributed by atoms with van der Waals surface area (Å²) in [6.45, 7) is 2.70.